The summed E-state index contributed by atoms with van der Waals surface area (Å²) in [4.78, 5) is 16.0. The number of ether oxygens (including phenoxy) is 1. The van der Waals surface area contributed by atoms with Gasteiger partial charge < -0.3 is 9.15 Å². The second kappa shape index (κ2) is 5.34. The van der Waals surface area contributed by atoms with Crippen LogP contribution in [0.2, 0.25) is 0 Å². The molecule has 1 heterocycles. The van der Waals surface area contributed by atoms with E-state index >= 15 is 0 Å². The number of carbonyl (C=O) groups is 1. The van der Waals surface area contributed by atoms with Crippen LogP contribution in [0.5, 0.6) is 0 Å². The number of unbranched alkanes of at least 4 members (excludes halogenated alkanes) is 1. The molecule has 0 radical (unpaired) electrons. The Morgan fingerprint density at radius 2 is 2.06 bits per heavy atom. The van der Waals surface area contributed by atoms with Crippen LogP contribution in [0.3, 0.4) is 0 Å². The van der Waals surface area contributed by atoms with Gasteiger partial charge in [0.05, 0.1) is 12.8 Å². The molecule has 0 amide bonds. The Bertz CT molecular complexity index is 388. The fourth-order valence-corrected chi connectivity index (χ4v) is 1.54. The summed E-state index contributed by atoms with van der Waals surface area (Å²) in [5, 5.41) is 0. The summed E-state index contributed by atoms with van der Waals surface area (Å²) in [6.45, 7) is 8.11. The number of hydrogen-bond acceptors (Lipinski definition) is 4. The average Bonchev–Trinajstić information content (AvgIpc) is 2.69. The third kappa shape index (κ3) is 3.32. The largest absolute Gasteiger partial charge is 0.463 e. The predicted molar refractivity (Wildman–Crippen MR) is 65.2 cm³/mol. The zero-order valence-corrected chi connectivity index (χ0v) is 11.3. The Kier molecular flexibility index (Phi) is 4.32. The van der Waals surface area contributed by atoms with E-state index in [0.29, 0.717) is 11.6 Å². The van der Waals surface area contributed by atoms with Gasteiger partial charge in [-0.3, -0.25) is 0 Å². The second-order valence-corrected chi connectivity index (χ2v) is 5.13. The summed E-state index contributed by atoms with van der Waals surface area (Å²) in [7, 11) is 1.35. The van der Waals surface area contributed by atoms with E-state index in [1.165, 1.54) is 7.11 Å². The minimum atomic E-state index is -0.454. The van der Waals surface area contributed by atoms with Crippen molar-refractivity contribution < 1.29 is 13.9 Å². The van der Waals surface area contributed by atoms with Gasteiger partial charge in [-0.25, -0.2) is 9.78 Å². The first kappa shape index (κ1) is 13.7. The molecule has 0 aromatic carbocycles. The van der Waals surface area contributed by atoms with Crippen molar-refractivity contribution in [1.29, 1.82) is 0 Å². The van der Waals surface area contributed by atoms with Crippen LogP contribution in [-0.2, 0) is 16.6 Å². The summed E-state index contributed by atoms with van der Waals surface area (Å²) in [5.74, 6) is 0.411. The SMILES string of the molecule is CCCCc1nc(C(C)(C)C)c(C(=O)OC)o1. The van der Waals surface area contributed by atoms with E-state index in [4.69, 9.17) is 9.15 Å². The Hall–Kier alpha value is -1.32. The number of hydrogen-bond donors (Lipinski definition) is 0. The van der Waals surface area contributed by atoms with Crippen molar-refractivity contribution in [2.24, 2.45) is 0 Å². The molecule has 4 nitrogen and oxygen atoms in total. The first-order valence-electron chi connectivity index (χ1n) is 5.98. The topological polar surface area (TPSA) is 52.3 Å². The molecule has 0 aliphatic carbocycles. The highest BCUT2D eigenvalue weighted by Gasteiger charge is 2.29. The van der Waals surface area contributed by atoms with Crippen molar-refractivity contribution in [2.75, 3.05) is 7.11 Å². The number of carbonyl (C=O) groups excluding carboxylic acids is 1. The number of rotatable bonds is 4. The molecule has 0 aliphatic rings. The molecule has 1 aromatic rings. The average molecular weight is 239 g/mol. The fourth-order valence-electron chi connectivity index (χ4n) is 1.54. The van der Waals surface area contributed by atoms with Crippen LogP contribution in [0.15, 0.2) is 4.42 Å². The molecule has 96 valence electrons. The van der Waals surface area contributed by atoms with E-state index in [9.17, 15) is 4.79 Å². The molecule has 17 heavy (non-hydrogen) atoms. The molecule has 1 rings (SSSR count). The molecule has 0 N–H and O–H groups in total. The van der Waals surface area contributed by atoms with Crippen LogP contribution in [0.4, 0.5) is 0 Å². The highest BCUT2D eigenvalue weighted by Crippen LogP contribution is 2.27. The van der Waals surface area contributed by atoms with Gasteiger partial charge in [-0.2, -0.15) is 0 Å². The summed E-state index contributed by atoms with van der Waals surface area (Å²) >= 11 is 0. The molecule has 0 atom stereocenters. The van der Waals surface area contributed by atoms with Crippen molar-refractivity contribution >= 4 is 5.97 Å². The van der Waals surface area contributed by atoms with E-state index in [-0.39, 0.29) is 11.2 Å². The van der Waals surface area contributed by atoms with Crippen molar-refractivity contribution in [3.63, 3.8) is 0 Å². The van der Waals surface area contributed by atoms with Gasteiger partial charge in [-0.05, 0) is 6.42 Å². The second-order valence-electron chi connectivity index (χ2n) is 5.13. The molecule has 0 saturated heterocycles. The van der Waals surface area contributed by atoms with Crippen LogP contribution in [0.1, 0.15) is 62.7 Å². The van der Waals surface area contributed by atoms with Crippen LogP contribution >= 0.6 is 0 Å². The number of aromatic nitrogens is 1. The van der Waals surface area contributed by atoms with Gasteiger partial charge in [0.1, 0.15) is 0 Å². The Morgan fingerprint density at radius 1 is 1.41 bits per heavy atom. The van der Waals surface area contributed by atoms with Gasteiger partial charge in [-0.1, -0.05) is 34.1 Å². The molecule has 0 aliphatic heterocycles. The van der Waals surface area contributed by atoms with Crippen LogP contribution < -0.4 is 0 Å². The van der Waals surface area contributed by atoms with Crippen LogP contribution in [0, 0.1) is 0 Å². The van der Waals surface area contributed by atoms with Crippen molar-refractivity contribution in [3.05, 3.63) is 17.3 Å². The molecule has 0 spiro atoms. The molecule has 4 heteroatoms. The van der Waals surface area contributed by atoms with Gasteiger partial charge in [0.2, 0.25) is 5.76 Å². The summed E-state index contributed by atoms with van der Waals surface area (Å²) in [5.41, 5.74) is 0.452. The third-order valence-corrected chi connectivity index (χ3v) is 2.50. The zero-order valence-electron chi connectivity index (χ0n) is 11.3. The van der Waals surface area contributed by atoms with E-state index in [1.54, 1.807) is 0 Å². The lowest BCUT2D eigenvalue weighted by Gasteiger charge is -2.15. The third-order valence-electron chi connectivity index (χ3n) is 2.50. The highest BCUT2D eigenvalue weighted by atomic mass is 16.5. The highest BCUT2D eigenvalue weighted by molar-refractivity contribution is 5.87. The maximum atomic E-state index is 11.6. The monoisotopic (exact) mass is 239 g/mol. The fraction of sp³-hybridized carbons (Fsp3) is 0.692. The lowest BCUT2D eigenvalue weighted by molar-refractivity contribution is 0.0559. The first-order chi connectivity index (χ1) is 7.90. The molecule has 1 aromatic heterocycles. The van der Waals surface area contributed by atoms with Gasteiger partial charge in [0.25, 0.3) is 0 Å². The maximum absolute atomic E-state index is 11.6. The summed E-state index contributed by atoms with van der Waals surface area (Å²) in [6, 6.07) is 0. The Balaban J connectivity index is 3.08. The lowest BCUT2D eigenvalue weighted by Crippen LogP contribution is -2.17. The normalized spacial score (nSPS) is 11.6. The number of aryl methyl sites for hydroxylation is 1. The van der Waals surface area contributed by atoms with Gasteiger partial charge >= 0.3 is 5.97 Å². The van der Waals surface area contributed by atoms with E-state index in [0.717, 1.165) is 19.3 Å². The van der Waals surface area contributed by atoms with E-state index in [1.807, 2.05) is 20.8 Å². The van der Waals surface area contributed by atoms with Gasteiger partial charge in [0.15, 0.2) is 5.89 Å². The minimum Gasteiger partial charge on any atom is -0.463 e. The molecule has 0 saturated carbocycles. The van der Waals surface area contributed by atoms with Crippen molar-refractivity contribution in [3.8, 4) is 0 Å². The summed E-state index contributed by atoms with van der Waals surface area (Å²) < 4.78 is 10.2. The number of nitrogens with zero attached hydrogens (tertiary/aromatic N) is 1. The van der Waals surface area contributed by atoms with Crippen LogP contribution in [0.25, 0.3) is 0 Å². The van der Waals surface area contributed by atoms with E-state index < -0.39 is 5.97 Å². The van der Waals surface area contributed by atoms with Crippen LogP contribution in [-0.4, -0.2) is 18.1 Å². The molecule has 0 unspecified atom stereocenters. The number of methoxy groups -OCH3 is 1. The zero-order chi connectivity index (χ0) is 13.1. The standard InChI is InChI=1S/C13H21NO3/c1-6-7-8-9-14-11(13(2,3)4)10(17-9)12(15)16-5/h6-8H2,1-5H3. The van der Waals surface area contributed by atoms with Gasteiger partial charge in [0, 0.05) is 11.8 Å². The smallest absolute Gasteiger partial charge is 0.376 e. The summed E-state index contributed by atoms with van der Waals surface area (Å²) in [6.07, 6.45) is 2.84. The molecule has 0 fully saturated rings. The molecular formula is C13H21NO3. The lowest BCUT2D eigenvalue weighted by atomic mass is 9.91. The Morgan fingerprint density at radius 3 is 2.53 bits per heavy atom. The molecular weight excluding hydrogens is 218 g/mol. The first-order valence-corrected chi connectivity index (χ1v) is 5.98. The van der Waals surface area contributed by atoms with Gasteiger partial charge in [-0.15, -0.1) is 0 Å². The Labute approximate surface area is 102 Å². The molecule has 0 bridgehead atoms. The van der Waals surface area contributed by atoms with E-state index in [2.05, 4.69) is 11.9 Å². The maximum Gasteiger partial charge on any atom is 0.376 e. The number of oxazole rings is 1. The van der Waals surface area contributed by atoms with Crippen molar-refractivity contribution in [2.45, 2.75) is 52.4 Å². The number of esters is 1. The quantitative estimate of drug-likeness (QED) is 0.757. The van der Waals surface area contributed by atoms with Crippen molar-refractivity contribution in [1.82, 2.24) is 4.98 Å². The minimum absolute atomic E-state index is 0.225. The predicted octanol–water partition coefficient (Wildman–Crippen LogP) is 3.10.